The number of aryl methyl sites for hydroxylation is 2. The summed E-state index contributed by atoms with van der Waals surface area (Å²) in [7, 11) is -6.22. The molecule has 2 aliphatic rings. The zero-order chi connectivity index (χ0) is 21.2. The van der Waals surface area contributed by atoms with Gasteiger partial charge in [0.2, 0.25) is 10.0 Å². The number of rotatable bonds is 0. The maximum atomic E-state index is 11.1. The second-order valence-electron chi connectivity index (χ2n) is 5.58. The van der Waals surface area contributed by atoms with Crippen molar-refractivity contribution < 1.29 is 35.4 Å². The van der Waals surface area contributed by atoms with E-state index >= 15 is 0 Å². The van der Waals surface area contributed by atoms with Crippen LogP contribution in [-0.4, -0.2) is 28.3 Å². The molecular formula is C20H29N2O4S2V-. The van der Waals surface area contributed by atoms with E-state index in [0.717, 1.165) is 16.8 Å². The average molecular weight is 477 g/mol. The van der Waals surface area contributed by atoms with Crippen molar-refractivity contribution in [2.24, 2.45) is 0 Å². The molecule has 2 heterocycles. The molecule has 0 saturated heterocycles. The van der Waals surface area contributed by atoms with Crippen LogP contribution in [-0.2, 0) is 51.4 Å². The van der Waals surface area contributed by atoms with Gasteiger partial charge >= 0.3 is 0 Å². The SMILES string of the molecule is CC.CC.O=S1(=O)CCc2ccccc2N1.O=S1(=O)CCc2ccccc2[N-]1.[V]. The van der Waals surface area contributed by atoms with Crippen molar-refractivity contribution in [2.75, 3.05) is 16.2 Å². The third kappa shape index (κ3) is 8.82. The Morgan fingerprint density at radius 1 is 0.759 bits per heavy atom. The minimum Gasteiger partial charge on any atom is -0.577 e. The van der Waals surface area contributed by atoms with E-state index < -0.39 is 20.0 Å². The second-order valence-corrected chi connectivity index (χ2v) is 9.18. The molecule has 2 aromatic rings. The Morgan fingerprint density at radius 3 is 1.93 bits per heavy atom. The smallest absolute Gasteiger partial charge is 0.233 e. The molecule has 29 heavy (non-hydrogen) atoms. The van der Waals surface area contributed by atoms with E-state index in [0.29, 0.717) is 18.5 Å². The summed E-state index contributed by atoms with van der Waals surface area (Å²) in [5, 5.41) is 0. The van der Waals surface area contributed by atoms with E-state index in [1.165, 1.54) is 0 Å². The average Bonchev–Trinajstić information content (AvgIpc) is 2.70. The van der Waals surface area contributed by atoms with Crippen LogP contribution < -0.4 is 4.72 Å². The van der Waals surface area contributed by atoms with Crippen LogP contribution in [0.25, 0.3) is 4.72 Å². The zero-order valence-corrected chi connectivity index (χ0v) is 20.3. The van der Waals surface area contributed by atoms with Gasteiger partial charge in [-0.05, 0) is 24.5 Å². The molecule has 0 amide bonds. The Hall–Kier alpha value is -1.48. The van der Waals surface area contributed by atoms with E-state index in [4.69, 9.17) is 0 Å². The van der Waals surface area contributed by atoms with Crippen molar-refractivity contribution in [3.05, 3.63) is 64.4 Å². The molecule has 0 saturated carbocycles. The van der Waals surface area contributed by atoms with Gasteiger partial charge in [-0.1, -0.05) is 75.7 Å². The Bertz CT molecular complexity index is 882. The molecule has 1 N–H and O–H groups in total. The van der Waals surface area contributed by atoms with Crippen molar-refractivity contribution in [3.8, 4) is 0 Å². The molecule has 0 fully saturated rings. The molecule has 9 heteroatoms. The van der Waals surface area contributed by atoms with E-state index in [2.05, 4.69) is 9.44 Å². The summed E-state index contributed by atoms with van der Waals surface area (Å²) in [6.45, 7) is 8.00. The van der Waals surface area contributed by atoms with Crippen molar-refractivity contribution in [1.29, 1.82) is 0 Å². The quantitative estimate of drug-likeness (QED) is 0.601. The molecule has 0 aliphatic carbocycles. The van der Waals surface area contributed by atoms with Crippen LogP contribution in [0.15, 0.2) is 48.5 Å². The summed E-state index contributed by atoms with van der Waals surface area (Å²) in [5.74, 6) is 0.341. The molecule has 2 aromatic carbocycles. The molecule has 2 aliphatic heterocycles. The number of sulfonamides is 2. The number of hydrogen-bond acceptors (Lipinski definition) is 4. The molecule has 1 radical (unpaired) electrons. The predicted octanol–water partition coefficient (Wildman–Crippen LogP) is 4.61. The summed E-state index contributed by atoms with van der Waals surface area (Å²) in [5.41, 5.74) is 3.42. The Balaban J connectivity index is 0.000000449. The molecule has 161 valence electrons. The van der Waals surface area contributed by atoms with Gasteiger partial charge in [-0.15, -0.1) is 5.69 Å². The maximum Gasteiger partial charge on any atom is 0.233 e. The van der Waals surface area contributed by atoms with Gasteiger partial charge in [0.25, 0.3) is 0 Å². The van der Waals surface area contributed by atoms with Gasteiger partial charge in [-0.3, -0.25) is 4.72 Å². The fourth-order valence-corrected chi connectivity index (χ4v) is 4.72. The maximum absolute atomic E-state index is 11.1. The fourth-order valence-electron chi connectivity index (χ4n) is 2.55. The third-order valence-electron chi connectivity index (χ3n) is 3.78. The van der Waals surface area contributed by atoms with E-state index in [1.807, 2.05) is 58.0 Å². The molecule has 0 aromatic heterocycles. The van der Waals surface area contributed by atoms with Crippen molar-refractivity contribution >= 4 is 31.4 Å². The molecule has 0 bridgehead atoms. The first-order valence-electron chi connectivity index (χ1n) is 9.47. The third-order valence-corrected chi connectivity index (χ3v) is 6.25. The van der Waals surface area contributed by atoms with Gasteiger partial charge in [0.1, 0.15) is 0 Å². The molecule has 6 nitrogen and oxygen atoms in total. The first-order chi connectivity index (χ1) is 13.3. The normalized spacial score (nSPS) is 16.4. The summed E-state index contributed by atoms with van der Waals surface area (Å²) in [4.78, 5) is 0. The van der Waals surface area contributed by atoms with Gasteiger partial charge in [-0.25, -0.2) is 16.8 Å². The van der Waals surface area contributed by atoms with Crippen LogP contribution in [0.5, 0.6) is 0 Å². The molecule has 0 atom stereocenters. The van der Waals surface area contributed by atoms with E-state index in [1.54, 1.807) is 18.2 Å². The standard InChI is InChI=1S/C8H9NO2S.C8H8NO2S.2C2H6.V/c2*10-12(11)6-5-7-3-1-2-4-8(7)9-12;2*1-2;/h1-4,9H,5-6H2;1-4H,5-6H2;2*1-2H3;/q;-1;;;. The van der Waals surface area contributed by atoms with Crippen LogP contribution in [0.2, 0.25) is 0 Å². The topological polar surface area (TPSA) is 94.4 Å². The van der Waals surface area contributed by atoms with Crippen LogP contribution in [0, 0.1) is 0 Å². The van der Waals surface area contributed by atoms with Crippen LogP contribution in [0.4, 0.5) is 11.4 Å². The Morgan fingerprint density at radius 2 is 1.28 bits per heavy atom. The molecule has 0 spiro atoms. The van der Waals surface area contributed by atoms with Gasteiger partial charge < -0.3 is 4.72 Å². The molecule has 0 unspecified atom stereocenters. The van der Waals surface area contributed by atoms with Crippen molar-refractivity contribution in [1.82, 2.24) is 0 Å². The number of para-hydroxylation sites is 1. The van der Waals surface area contributed by atoms with E-state index in [9.17, 15) is 16.8 Å². The number of nitrogens with one attached hydrogen (secondary N) is 1. The summed E-state index contributed by atoms with van der Waals surface area (Å²) >= 11 is 0. The minimum atomic E-state index is -3.17. The second kappa shape index (κ2) is 13.0. The van der Waals surface area contributed by atoms with Crippen LogP contribution >= 0.6 is 0 Å². The zero-order valence-electron chi connectivity index (χ0n) is 17.3. The predicted molar refractivity (Wildman–Crippen MR) is 117 cm³/mol. The number of hydrogen-bond donors (Lipinski definition) is 1. The first-order valence-corrected chi connectivity index (χ1v) is 12.7. The van der Waals surface area contributed by atoms with Gasteiger partial charge in [0.15, 0.2) is 0 Å². The van der Waals surface area contributed by atoms with Crippen LogP contribution in [0.1, 0.15) is 38.8 Å². The number of anilines is 1. The summed E-state index contributed by atoms with van der Waals surface area (Å²) in [6, 6.07) is 14.8. The number of fused-ring (bicyclic) bond motifs is 2. The number of nitrogens with zero attached hydrogens (tertiary/aromatic N) is 1. The fraction of sp³-hybridized carbons (Fsp3) is 0.400. The summed E-state index contributed by atoms with van der Waals surface area (Å²) < 4.78 is 50.5. The monoisotopic (exact) mass is 476 g/mol. The van der Waals surface area contributed by atoms with Gasteiger partial charge in [-0.2, -0.15) is 0 Å². The first kappa shape index (κ1) is 27.5. The largest absolute Gasteiger partial charge is 0.577 e. The molecule has 4 rings (SSSR count). The Labute approximate surface area is 187 Å². The van der Waals surface area contributed by atoms with Gasteiger partial charge in [0.05, 0.1) is 21.5 Å². The summed E-state index contributed by atoms with van der Waals surface area (Å²) in [6.07, 6.45) is 1.20. The Kier molecular flexibility index (Phi) is 12.3. The minimum absolute atomic E-state index is 0. The van der Waals surface area contributed by atoms with Crippen molar-refractivity contribution in [2.45, 2.75) is 40.5 Å². The van der Waals surface area contributed by atoms with Crippen LogP contribution in [0.3, 0.4) is 0 Å². The molecular weight excluding hydrogens is 447 g/mol. The van der Waals surface area contributed by atoms with Crippen molar-refractivity contribution in [3.63, 3.8) is 0 Å². The van der Waals surface area contributed by atoms with Gasteiger partial charge in [0, 0.05) is 24.3 Å². The van der Waals surface area contributed by atoms with E-state index in [-0.39, 0.29) is 30.1 Å². The number of benzene rings is 2.